The van der Waals surface area contributed by atoms with Crippen LogP contribution < -0.4 is 20.1 Å². The van der Waals surface area contributed by atoms with E-state index < -0.39 is 12.1 Å². The summed E-state index contributed by atoms with van der Waals surface area (Å²) in [6.07, 6.45) is 2.21. The lowest BCUT2D eigenvalue weighted by Gasteiger charge is -2.16. The van der Waals surface area contributed by atoms with Gasteiger partial charge in [-0.15, -0.1) is 0 Å². The van der Waals surface area contributed by atoms with E-state index in [1.54, 1.807) is 36.5 Å². The molecule has 3 N–H and O–H groups in total. The molecule has 0 saturated heterocycles. The first-order chi connectivity index (χ1) is 11.1. The maximum Gasteiger partial charge on any atom is 0.319 e. The Morgan fingerprint density at radius 2 is 2.13 bits per heavy atom. The zero-order valence-corrected chi connectivity index (χ0v) is 12.9. The predicted octanol–water partition coefficient (Wildman–Crippen LogP) is 1.95. The number of urea groups is 1. The van der Waals surface area contributed by atoms with Gasteiger partial charge in [0.15, 0.2) is 0 Å². The molecule has 0 unspecified atom stereocenters. The lowest BCUT2D eigenvalue weighted by molar-refractivity contribution is 0.170. The summed E-state index contributed by atoms with van der Waals surface area (Å²) in [5.74, 6) is 1.12. The highest BCUT2D eigenvalue weighted by molar-refractivity contribution is 5.88. The molecule has 2 rings (SSSR count). The second-order valence-electron chi connectivity index (χ2n) is 4.70. The van der Waals surface area contributed by atoms with Crippen molar-refractivity contribution in [1.82, 2.24) is 10.3 Å². The Balaban J connectivity index is 1.96. The van der Waals surface area contributed by atoms with Crippen LogP contribution in [0.5, 0.6) is 11.5 Å². The second kappa shape index (κ2) is 8.00. The first-order valence-electron chi connectivity index (χ1n) is 6.99. The smallest absolute Gasteiger partial charge is 0.319 e. The summed E-state index contributed by atoms with van der Waals surface area (Å²) in [5.41, 5.74) is 1.10. The van der Waals surface area contributed by atoms with E-state index in [0.29, 0.717) is 22.7 Å². The normalized spacial score (nSPS) is 11.4. The SMILES string of the molecule is COc1ccc(OC)c([C@@H](O)CNC(=O)Nc2cccnc2)c1. The molecule has 0 radical (unpaired) electrons. The Morgan fingerprint density at radius 1 is 1.30 bits per heavy atom. The number of ether oxygens (including phenoxy) is 2. The fraction of sp³-hybridized carbons (Fsp3) is 0.250. The van der Waals surface area contributed by atoms with Crippen LogP contribution in [0.2, 0.25) is 0 Å². The summed E-state index contributed by atoms with van der Waals surface area (Å²) in [6, 6.07) is 8.10. The van der Waals surface area contributed by atoms with Gasteiger partial charge < -0.3 is 25.2 Å². The molecule has 1 aromatic heterocycles. The highest BCUT2D eigenvalue weighted by Crippen LogP contribution is 2.29. The molecule has 0 saturated carbocycles. The van der Waals surface area contributed by atoms with Crippen molar-refractivity contribution in [3.63, 3.8) is 0 Å². The first kappa shape index (κ1) is 16.6. The average molecular weight is 317 g/mol. The molecule has 2 aromatic rings. The molecule has 7 nitrogen and oxygen atoms in total. The van der Waals surface area contributed by atoms with E-state index in [-0.39, 0.29) is 6.54 Å². The molecule has 0 aliphatic rings. The topological polar surface area (TPSA) is 92.7 Å². The highest BCUT2D eigenvalue weighted by Gasteiger charge is 2.15. The third-order valence-electron chi connectivity index (χ3n) is 3.17. The van der Waals surface area contributed by atoms with Gasteiger partial charge in [0.2, 0.25) is 0 Å². The molecule has 0 aliphatic carbocycles. The molecular weight excluding hydrogens is 298 g/mol. The molecule has 0 spiro atoms. The Kier molecular flexibility index (Phi) is 5.76. The number of hydrogen-bond acceptors (Lipinski definition) is 5. The van der Waals surface area contributed by atoms with Crippen molar-refractivity contribution in [3.05, 3.63) is 48.3 Å². The summed E-state index contributed by atoms with van der Waals surface area (Å²) >= 11 is 0. The van der Waals surface area contributed by atoms with Crippen molar-refractivity contribution in [1.29, 1.82) is 0 Å². The minimum Gasteiger partial charge on any atom is -0.497 e. The minimum absolute atomic E-state index is 0.0234. The lowest BCUT2D eigenvalue weighted by atomic mass is 10.1. The number of nitrogens with zero attached hydrogens (tertiary/aromatic N) is 1. The zero-order chi connectivity index (χ0) is 16.7. The van der Waals surface area contributed by atoms with E-state index in [1.165, 1.54) is 20.4 Å². The summed E-state index contributed by atoms with van der Waals surface area (Å²) < 4.78 is 10.4. The van der Waals surface area contributed by atoms with Gasteiger partial charge in [-0.2, -0.15) is 0 Å². The Hall–Kier alpha value is -2.80. The van der Waals surface area contributed by atoms with E-state index in [4.69, 9.17) is 9.47 Å². The van der Waals surface area contributed by atoms with E-state index in [9.17, 15) is 9.90 Å². The summed E-state index contributed by atoms with van der Waals surface area (Å²) in [5, 5.41) is 15.5. The lowest BCUT2D eigenvalue weighted by Crippen LogP contribution is -2.32. The van der Waals surface area contributed by atoms with Crippen LogP contribution in [0.4, 0.5) is 10.5 Å². The maximum absolute atomic E-state index is 11.8. The maximum atomic E-state index is 11.8. The van der Waals surface area contributed by atoms with E-state index in [1.807, 2.05) is 0 Å². The van der Waals surface area contributed by atoms with Crippen LogP contribution in [0.1, 0.15) is 11.7 Å². The number of aliphatic hydroxyl groups is 1. The molecule has 7 heteroatoms. The van der Waals surface area contributed by atoms with Gasteiger partial charge in [0.05, 0.1) is 26.1 Å². The zero-order valence-electron chi connectivity index (χ0n) is 12.9. The van der Waals surface area contributed by atoms with Crippen LogP contribution in [0.3, 0.4) is 0 Å². The van der Waals surface area contributed by atoms with Crippen molar-refractivity contribution in [2.24, 2.45) is 0 Å². The highest BCUT2D eigenvalue weighted by atomic mass is 16.5. The second-order valence-corrected chi connectivity index (χ2v) is 4.70. The van der Waals surface area contributed by atoms with Gasteiger partial charge in [-0.25, -0.2) is 4.79 Å². The molecule has 0 fully saturated rings. The number of anilines is 1. The quantitative estimate of drug-likeness (QED) is 0.757. The molecule has 1 heterocycles. The molecule has 1 atom stereocenters. The standard InChI is InChI=1S/C16H19N3O4/c1-22-12-5-6-15(23-2)13(8-12)14(20)10-18-16(21)19-11-4-3-7-17-9-11/h3-9,14,20H,10H2,1-2H3,(H2,18,19,21)/t14-/m0/s1. The van der Waals surface area contributed by atoms with Gasteiger partial charge in [0.25, 0.3) is 0 Å². The molecule has 1 aromatic carbocycles. The fourth-order valence-electron chi connectivity index (χ4n) is 2.01. The molecule has 122 valence electrons. The van der Waals surface area contributed by atoms with Crippen LogP contribution in [0.25, 0.3) is 0 Å². The van der Waals surface area contributed by atoms with Crippen molar-refractivity contribution >= 4 is 11.7 Å². The monoisotopic (exact) mass is 317 g/mol. The van der Waals surface area contributed by atoms with Crippen LogP contribution in [0, 0.1) is 0 Å². The minimum atomic E-state index is -0.931. The third-order valence-corrected chi connectivity index (χ3v) is 3.17. The van der Waals surface area contributed by atoms with Crippen molar-refractivity contribution in [3.8, 4) is 11.5 Å². The number of carbonyl (C=O) groups is 1. The van der Waals surface area contributed by atoms with Crippen molar-refractivity contribution in [2.75, 3.05) is 26.1 Å². The van der Waals surface area contributed by atoms with Crippen molar-refractivity contribution < 1.29 is 19.4 Å². The first-order valence-corrected chi connectivity index (χ1v) is 6.99. The van der Waals surface area contributed by atoms with Crippen molar-refractivity contribution in [2.45, 2.75) is 6.10 Å². The number of methoxy groups -OCH3 is 2. The molecule has 0 aliphatic heterocycles. The van der Waals surface area contributed by atoms with Gasteiger partial charge in [-0.1, -0.05) is 0 Å². The van der Waals surface area contributed by atoms with Gasteiger partial charge in [-0.3, -0.25) is 4.98 Å². The summed E-state index contributed by atoms with van der Waals surface area (Å²) in [6.45, 7) is 0.0234. The van der Waals surface area contributed by atoms with Gasteiger partial charge in [0.1, 0.15) is 17.6 Å². The van der Waals surface area contributed by atoms with Gasteiger partial charge in [-0.05, 0) is 30.3 Å². The summed E-state index contributed by atoms with van der Waals surface area (Å²) in [4.78, 5) is 15.7. The van der Waals surface area contributed by atoms with Crippen LogP contribution in [0.15, 0.2) is 42.7 Å². The number of hydrogen-bond donors (Lipinski definition) is 3. The molecular formula is C16H19N3O4. The van der Waals surface area contributed by atoms with Gasteiger partial charge >= 0.3 is 6.03 Å². The number of nitrogens with one attached hydrogen (secondary N) is 2. The van der Waals surface area contributed by atoms with E-state index in [0.717, 1.165) is 0 Å². The number of carbonyl (C=O) groups excluding carboxylic acids is 1. The number of rotatable bonds is 6. The number of aliphatic hydroxyl groups excluding tert-OH is 1. The number of benzene rings is 1. The largest absolute Gasteiger partial charge is 0.497 e. The fourth-order valence-corrected chi connectivity index (χ4v) is 2.01. The van der Waals surface area contributed by atoms with Crippen LogP contribution >= 0.6 is 0 Å². The Labute approximate surface area is 134 Å². The summed E-state index contributed by atoms with van der Waals surface area (Å²) in [7, 11) is 3.05. The third kappa shape index (κ3) is 4.58. The Bertz CT molecular complexity index is 649. The van der Waals surface area contributed by atoms with Crippen LogP contribution in [-0.2, 0) is 0 Å². The Morgan fingerprint density at radius 3 is 2.78 bits per heavy atom. The van der Waals surface area contributed by atoms with E-state index >= 15 is 0 Å². The molecule has 23 heavy (non-hydrogen) atoms. The number of amides is 2. The van der Waals surface area contributed by atoms with Crippen LogP contribution in [-0.4, -0.2) is 36.9 Å². The van der Waals surface area contributed by atoms with E-state index in [2.05, 4.69) is 15.6 Å². The predicted molar refractivity (Wildman–Crippen MR) is 85.8 cm³/mol. The molecule has 2 amide bonds. The van der Waals surface area contributed by atoms with Gasteiger partial charge in [0, 0.05) is 18.3 Å². The number of aromatic nitrogens is 1. The molecule has 0 bridgehead atoms. The average Bonchev–Trinajstić information content (AvgIpc) is 2.60. The number of pyridine rings is 1.